The average Bonchev–Trinajstić information content (AvgIpc) is 2.72. The van der Waals surface area contributed by atoms with Crippen LogP contribution in [0.2, 0.25) is 0 Å². The molecule has 19 heavy (non-hydrogen) atoms. The fraction of sp³-hybridized carbons (Fsp3) is 0.643. The predicted octanol–water partition coefficient (Wildman–Crippen LogP) is 2.76. The highest BCUT2D eigenvalue weighted by atomic mass is 32.1. The van der Waals surface area contributed by atoms with Crippen LogP contribution in [0.3, 0.4) is 0 Å². The Balaban J connectivity index is 1.90. The van der Waals surface area contributed by atoms with Crippen LogP contribution in [0.5, 0.6) is 0 Å². The summed E-state index contributed by atoms with van der Waals surface area (Å²) in [6, 6.07) is 1.79. The molecule has 0 spiro atoms. The van der Waals surface area contributed by atoms with Crippen molar-refractivity contribution in [3.05, 3.63) is 21.4 Å². The molecule has 1 aromatic rings. The maximum Gasteiger partial charge on any atom is 0.345 e. The average molecular weight is 283 g/mol. The molecule has 0 aliphatic carbocycles. The van der Waals surface area contributed by atoms with Gasteiger partial charge in [0.25, 0.3) is 0 Å². The van der Waals surface area contributed by atoms with E-state index in [0.717, 1.165) is 36.6 Å². The van der Waals surface area contributed by atoms with Crippen LogP contribution >= 0.6 is 11.3 Å². The molecule has 106 valence electrons. The molecule has 5 heteroatoms. The van der Waals surface area contributed by atoms with Gasteiger partial charge in [-0.05, 0) is 44.9 Å². The molecule has 1 N–H and O–H groups in total. The number of carboxylic acid groups (broad SMARTS) is 1. The summed E-state index contributed by atoms with van der Waals surface area (Å²) in [6.07, 6.45) is 3.88. The van der Waals surface area contributed by atoms with Crippen molar-refractivity contribution >= 4 is 17.3 Å². The number of nitrogens with zero attached hydrogens (tertiary/aromatic N) is 1. The van der Waals surface area contributed by atoms with Crippen LogP contribution in [0, 0.1) is 6.92 Å². The Labute approximate surface area is 118 Å². The topological polar surface area (TPSA) is 49.8 Å². The number of likely N-dealkylation sites (N-methyl/N-ethyl adjacent to an activating group) is 1. The first-order chi connectivity index (χ1) is 9.06. The van der Waals surface area contributed by atoms with Crippen molar-refractivity contribution in [2.45, 2.75) is 38.8 Å². The molecule has 0 radical (unpaired) electrons. The molecule has 1 fully saturated rings. The number of hydrogen-bond donors (Lipinski definition) is 1. The maximum atomic E-state index is 10.9. The highest BCUT2D eigenvalue weighted by Gasteiger charge is 2.17. The van der Waals surface area contributed by atoms with Gasteiger partial charge in [-0.25, -0.2) is 4.79 Å². The standard InChI is InChI=1S/C14H21NO3S/c1-10-11(7-13(19-10)14(16)17)8-15(2)9-12-5-3-4-6-18-12/h7,12H,3-6,8-9H2,1-2H3,(H,16,17). The summed E-state index contributed by atoms with van der Waals surface area (Å²) in [6.45, 7) is 4.56. The van der Waals surface area contributed by atoms with Gasteiger partial charge in [0.05, 0.1) is 6.10 Å². The zero-order chi connectivity index (χ0) is 13.8. The maximum absolute atomic E-state index is 10.9. The van der Waals surface area contributed by atoms with E-state index in [2.05, 4.69) is 11.9 Å². The number of carboxylic acids is 1. The number of aryl methyl sites for hydroxylation is 1. The van der Waals surface area contributed by atoms with Crippen LogP contribution in [-0.2, 0) is 11.3 Å². The van der Waals surface area contributed by atoms with Crippen LogP contribution in [0.15, 0.2) is 6.07 Å². The Morgan fingerprint density at radius 3 is 2.95 bits per heavy atom. The third-order valence-electron chi connectivity index (χ3n) is 3.46. The Hall–Kier alpha value is -0.910. The molecule has 1 aliphatic heterocycles. The second-order valence-electron chi connectivity index (χ2n) is 5.18. The molecular weight excluding hydrogens is 262 g/mol. The highest BCUT2D eigenvalue weighted by molar-refractivity contribution is 7.14. The number of rotatable bonds is 5. The number of aromatic carboxylic acids is 1. The minimum atomic E-state index is -0.836. The van der Waals surface area contributed by atoms with E-state index < -0.39 is 5.97 Å². The van der Waals surface area contributed by atoms with E-state index in [1.807, 2.05) is 6.92 Å². The van der Waals surface area contributed by atoms with E-state index in [1.54, 1.807) is 6.07 Å². The van der Waals surface area contributed by atoms with Crippen molar-refractivity contribution in [2.24, 2.45) is 0 Å². The fourth-order valence-corrected chi connectivity index (χ4v) is 3.31. The summed E-state index contributed by atoms with van der Waals surface area (Å²) >= 11 is 1.35. The van der Waals surface area contributed by atoms with Crippen molar-refractivity contribution in [1.29, 1.82) is 0 Å². The van der Waals surface area contributed by atoms with Gasteiger partial charge in [-0.15, -0.1) is 11.3 Å². The smallest absolute Gasteiger partial charge is 0.345 e. The lowest BCUT2D eigenvalue weighted by Gasteiger charge is -2.27. The summed E-state index contributed by atoms with van der Waals surface area (Å²) in [5.74, 6) is -0.836. The van der Waals surface area contributed by atoms with Gasteiger partial charge in [-0.1, -0.05) is 0 Å². The van der Waals surface area contributed by atoms with Gasteiger partial charge in [0.1, 0.15) is 4.88 Å². The minimum Gasteiger partial charge on any atom is -0.477 e. The molecule has 1 aliphatic rings. The monoisotopic (exact) mass is 283 g/mol. The zero-order valence-corrected chi connectivity index (χ0v) is 12.3. The number of ether oxygens (including phenoxy) is 1. The van der Waals surface area contributed by atoms with E-state index in [0.29, 0.717) is 11.0 Å². The molecule has 4 nitrogen and oxygen atoms in total. The number of thiophene rings is 1. The van der Waals surface area contributed by atoms with Crippen molar-refractivity contribution in [3.8, 4) is 0 Å². The summed E-state index contributed by atoms with van der Waals surface area (Å²) in [5.41, 5.74) is 1.11. The van der Waals surface area contributed by atoms with Crippen molar-refractivity contribution < 1.29 is 14.6 Å². The number of hydrogen-bond acceptors (Lipinski definition) is 4. The molecule has 1 aromatic heterocycles. The van der Waals surface area contributed by atoms with E-state index in [4.69, 9.17) is 9.84 Å². The van der Waals surface area contributed by atoms with Crippen molar-refractivity contribution in [3.63, 3.8) is 0 Å². The van der Waals surface area contributed by atoms with Crippen LogP contribution in [-0.4, -0.2) is 42.3 Å². The molecule has 0 aromatic carbocycles. The normalized spacial score (nSPS) is 19.8. The molecule has 2 rings (SSSR count). The first kappa shape index (κ1) is 14.5. The van der Waals surface area contributed by atoms with Crippen LogP contribution in [0.1, 0.15) is 39.4 Å². The molecule has 0 saturated carbocycles. The Kier molecular flexibility index (Phi) is 4.96. The van der Waals surface area contributed by atoms with E-state index in [1.165, 1.54) is 24.2 Å². The molecule has 0 amide bonds. The Morgan fingerprint density at radius 1 is 1.58 bits per heavy atom. The first-order valence-electron chi connectivity index (χ1n) is 6.69. The lowest BCUT2D eigenvalue weighted by molar-refractivity contribution is -0.00260. The lowest BCUT2D eigenvalue weighted by atomic mass is 10.1. The predicted molar refractivity (Wildman–Crippen MR) is 75.9 cm³/mol. The molecule has 1 unspecified atom stereocenters. The SMILES string of the molecule is Cc1sc(C(=O)O)cc1CN(C)CC1CCCCO1. The molecule has 2 heterocycles. The first-order valence-corrected chi connectivity index (χ1v) is 7.50. The highest BCUT2D eigenvalue weighted by Crippen LogP contribution is 2.23. The van der Waals surface area contributed by atoms with Crippen LogP contribution < -0.4 is 0 Å². The molecule has 1 saturated heterocycles. The lowest BCUT2D eigenvalue weighted by Crippen LogP contribution is -2.33. The second-order valence-corrected chi connectivity index (χ2v) is 6.44. The van der Waals surface area contributed by atoms with Gasteiger partial charge < -0.3 is 9.84 Å². The largest absolute Gasteiger partial charge is 0.477 e. The molecular formula is C14H21NO3S. The Morgan fingerprint density at radius 2 is 2.37 bits per heavy atom. The van der Waals surface area contributed by atoms with Gasteiger partial charge in [0.15, 0.2) is 0 Å². The minimum absolute atomic E-state index is 0.330. The van der Waals surface area contributed by atoms with Gasteiger partial charge >= 0.3 is 5.97 Å². The summed E-state index contributed by atoms with van der Waals surface area (Å²) < 4.78 is 5.73. The molecule has 1 atom stereocenters. The van der Waals surface area contributed by atoms with Gasteiger partial charge in [-0.3, -0.25) is 4.90 Å². The van der Waals surface area contributed by atoms with Crippen LogP contribution in [0.25, 0.3) is 0 Å². The molecule has 0 bridgehead atoms. The summed E-state index contributed by atoms with van der Waals surface area (Å²) in [4.78, 5) is 14.7. The van der Waals surface area contributed by atoms with Gasteiger partial charge in [-0.2, -0.15) is 0 Å². The third kappa shape index (κ3) is 4.03. The summed E-state index contributed by atoms with van der Waals surface area (Å²) in [5, 5.41) is 8.99. The van der Waals surface area contributed by atoms with Crippen LogP contribution in [0.4, 0.5) is 0 Å². The van der Waals surface area contributed by atoms with Crippen molar-refractivity contribution in [2.75, 3.05) is 20.2 Å². The second kappa shape index (κ2) is 6.50. The van der Waals surface area contributed by atoms with E-state index >= 15 is 0 Å². The number of carbonyl (C=O) groups is 1. The zero-order valence-electron chi connectivity index (χ0n) is 11.5. The Bertz CT molecular complexity index is 438. The van der Waals surface area contributed by atoms with Gasteiger partial charge in [0.2, 0.25) is 0 Å². The van der Waals surface area contributed by atoms with Gasteiger partial charge in [0, 0.05) is 24.6 Å². The van der Waals surface area contributed by atoms with Crippen molar-refractivity contribution in [1.82, 2.24) is 4.90 Å². The fourth-order valence-electron chi connectivity index (χ4n) is 2.44. The third-order valence-corrected chi connectivity index (χ3v) is 4.54. The van der Waals surface area contributed by atoms with E-state index in [-0.39, 0.29) is 0 Å². The summed E-state index contributed by atoms with van der Waals surface area (Å²) in [7, 11) is 2.06. The quantitative estimate of drug-likeness (QED) is 0.902. The van der Waals surface area contributed by atoms with E-state index in [9.17, 15) is 4.79 Å².